The molecule has 0 spiro atoms. The van der Waals surface area contributed by atoms with Gasteiger partial charge < -0.3 is 5.32 Å². The van der Waals surface area contributed by atoms with Crippen molar-refractivity contribution in [1.82, 2.24) is 5.32 Å². The summed E-state index contributed by atoms with van der Waals surface area (Å²) in [7, 11) is 0. The van der Waals surface area contributed by atoms with Gasteiger partial charge in [-0.25, -0.2) is 9.98 Å². The van der Waals surface area contributed by atoms with Gasteiger partial charge in [-0.15, -0.1) is 0 Å². The number of hydrogen-bond acceptors (Lipinski definition) is 3. The first kappa shape index (κ1) is 24.8. The first-order valence-electron chi connectivity index (χ1n) is 15.0. The van der Waals surface area contributed by atoms with E-state index in [0.29, 0.717) is 0 Å². The summed E-state index contributed by atoms with van der Waals surface area (Å²) in [6.45, 7) is 0. The lowest BCUT2D eigenvalue weighted by Crippen LogP contribution is -2.36. The standard InChI is InChI=1S/C41H27N3/c1-3-11-28-23-30(19-17-26(28)9-1)39-42-40(31-20-18-27-10-2-4-12-29(27)24-31)44-41(43-39)32-21-22-37-35-15-6-5-13-33(35)34-14-7-8-16-36(34)38(37)25-32/h1-25,41H,(H,42,43,44). The Balaban J connectivity index is 1.25. The normalized spacial score (nSPS) is 13.8. The van der Waals surface area contributed by atoms with E-state index in [4.69, 9.17) is 9.98 Å². The Kier molecular flexibility index (Phi) is 5.57. The number of nitrogens with one attached hydrogen (secondary N) is 1. The van der Waals surface area contributed by atoms with Crippen molar-refractivity contribution in [3.63, 3.8) is 0 Å². The molecule has 1 aliphatic rings. The van der Waals surface area contributed by atoms with E-state index in [0.717, 1.165) is 28.4 Å². The molecule has 0 saturated heterocycles. The van der Waals surface area contributed by atoms with Gasteiger partial charge in [-0.05, 0) is 77.6 Å². The molecule has 1 aliphatic heterocycles. The summed E-state index contributed by atoms with van der Waals surface area (Å²) >= 11 is 0. The van der Waals surface area contributed by atoms with Crippen molar-refractivity contribution < 1.29 is 0 Å². The highest BCUT2D eigenvalue weighted by molar-refractivity contribution is 6.25. The van der Waals surface area contributed by atoms with Crippen LogP contribution in [0.4, 0.5) is 0 Å². The third-order valence-corrected chi connectivity index (χ3v) is 8.85. The topological polar surface area (TPSA) is 36.8 Å². The van der Waals surface area contributed by atoms with Gasteiger partial charge in [0.2, 0.25) is 0 Å². The smallest absolute Gasteiger partial charge is 0.169 e. The quantitative estimate of drug-likeness (QED) is 0.214. The summed E-state index contributed by atoms with van der Waals surface area (Å²) in [5.74, 6) is 1.64. The fourth-order valence-electron chi connectivity index (χ4n) is 6.65. The summed E-state index contributed by atoms with van der Waals surface area (Å²) in [6.07, 6.45) is -0.395. The maximum absolute atomic E-state index is 5.23. The molecular weight excluding hydrogens is 534 g/mol. The average molecular weight is 562 g/mol. The van der Waals surface area contributed by atoms with Crippen LogP contribution in [-0.4, -0.2) is 11.7 Å². The summed E-state index contributed by atoms with van der Waals surface area (Å²) in [4.78, 5) is 10.5. The van der Waals surface area contributed by atoms with Crippen molar-refractivity contribution in [2.45, 2.75) is 6.17 Å². The molecule has 0 saturated carbocycles. The molecule has 44 heavy (non-hydrogen) atoms. The summed E-state index contributed by atoms with van der Waals surface area (Å²) < 4.78 is 0. The van der Waals surface area contributed by atoms with E-state index in [1.54, 1.807) is 0 Å². The Morgan fingerprint density at radius 1 is 0.364 bits per heavy atom. The van der Waals surface area contributed by atoms with Gasteiger partial charge in [-0.2, -0.15) is 0 Å². The number of hydrogen-bond donors (Lipinski definition) is 1. The molecule has 0 aromatic heterocycles. The van der Waals surface area contributed by atoms with Crippen molar-refractivity contribution in [1.29, 1.82) is 0 Å². The second kappa shape index (κ2) is 9.89. The molecule has 0 radical (unpaired) electrons. The molecule has 1 heterocycles. The largest absolute Gasteiger partial charge is 0.324 e. The molecule has 8 aromatic rings. The predicted molar refractivity (Wildman–Crippen MR) is 186 cm³/mol. The second-order valence-corrected chi connectivity index (χ2v) is 11.5. The lowest BCUT2D eigenvalue weighted by Gasteiger charge is -2.23. The zero-order chi connectivity index (χ0) is 29.0. The lowest BCUT2D eigenvalue weighted by atomic mass is 9.93. The van der Waals surface area contributed by atoms with Crippen molar-refractivity contribution in [3.05, 3.63) is 168 Å². The van der Waals surface area contributed by atoms with Crippen LogP contribution >= 0.6 is 0 Å². The van der Waals surface area contributed by atoms with Gasteiger partial charge in [0.15, 0.2) is 6.17 Å². The Morgan fingerprint density at radius 2 is 0.795 bits per heavy atom. The number of nitrogens with zero attached hydrogens (tertiary/aromatic N) is 2. The summed E-state index contributed by atoms with van der Waals surface area (Å²) in [5.41, 5.74) is 3.15. The highest BCUT2D eigenvalue weighted by Gasteiger charge is 2.22. The van der Waals surface area contributed by atoms with Gasteiger partial charge in [0, 0.05) is 11.1 Å². The van der Waals surface area contributed by atoms with Gasteiger partial charge in [-0.3, -0.25) is 0 Å². The number of aliphatic imine (C=N–C) groups is 2. The first-order valence-corrected chi connectivity index (χ1v) is 15.0. The van der Waals surface area contributed by atoms with Crippen LogP contribution in [0.5, 0.6) is 0 Å². The molecule has 8 aromatic carbocycles. The van der Waals surface area contributed by atoms with Crippen LogP contribution < -0.4 is 5.32 Å². The minimum Gasteiger partial charge on any atom is -0.324 e. The van der Waals surface area contributed by atoms with Crippen molar-refractivity contribution >= 4 is 65.5 Å². The van der Waals surface area contributed by atoms with Gasteiger partial charge in [-0.1, -0.05) is 133 Å². The summed E-state index contributed by atoms with van der Waals surface area (Å²) in [6, 6.07) is 54.1. The third kappa shape index (κ3) is 4.05. The van der Waals surface area contributed by atoms with Crippen LogP contribution in [0.3, 0.4) is 0 Å². The van der Waals surface area contributed by atoms with E-state index in [9.17, 15) is 0 Å². The molecule has 0 atom stereocenters. The highest BCUT2D eigenvalue weighted by atomic mass is 15.2. The number of fused-ring (bicyclic) bond motifs is 8. The van der Waals surface area contributed by atoms with Crippen LogP contribution in [0, 0.1) is 0 Å². The Labute approximate surface area is 254 Å². The zero-order valence-electron chi connectivity index (χ0n) is 23.9. The minimum absolute atomic E-state index is 0.395. The second-order valence-electron chi connectivity index (χ2n) is 11.5. The third-order valence-electron chi connectivity index (χ3n) is 8.85. The molecule has 0 unspecified atom stereocenters. The van der Waals surface area contributed by atoms with Crippen molar-refractivity contribution in [2.24, 2.45) is 9.98 Å². The molecule has 0 amide bonds. The lowest BCUT2D eigenvalue weighted by molar-refractivity contribution is 0.757. The van der Waals surface area contributed by atoms with Crippen molar-refractivity contribution in [3.8, 4) is 0 Å². The summed E-state index contributed by atoms with van der Waals surface area (Å²) in [5, 5.41) is 15.9. The molecule has 3 nitrogen and oxygen atoms in total. The fraction of sp³-hybridized carbons (Fsp3) is 0.0244. The number of rotatable bonds is 3. The van der Waals surface area contributed by atoms with E-state index >= 15 is 0 Å². The van der Waals surface area contributed by atoms with Gasteiger partial charge in [0.05, 0.1) is 0 Å². The first-order chi connectivity index (χ1) is 21.8. The maximum atomic E-state index is 5.23. The number of benzene rings is 8. The van der Waals surface area contributed by atoms with E-state index in [-0.39, 0.29) is 0 Å². The van der Waals surface area contributed by atoms with Crippen LogP contribution in [0.1, 0.15) is 22.9 Å². The molecule has 0 bridgehead atoms. The van der Waals surface area contributed by atoms with E-state index in [2.05, 4.69) is 157 Å². The molecule has 1 N–H and O–H groups in total. The molecule has 3 heteroatoms. The Morgan fingerprint density at radius 3 is 1.32 bits per heavy atom. The van der Waals surface area contributed by atoms with Gasteiger partial charge >= 0.3 is 0 Å². The van der Waals surface area contributed by atoms with Crippen molar-refractivity contribution in [2.75, 3.05) is 0 Å². The molecule has 206 valence electrons. The highest BCUT2D eigenvalue weighted by Crippen LogP contribution is 2.37. The molecule has 0 fully saturated rings. The monoisotopic (exact) mass is 561 g/mol. The van der Waals surface area contributed by atoms with E-state index < -0.39 is 6.17 Å². The average Bonchev–Trinajstić information content (AvgIpc) is 3.11. The Hall–Kier alpha value is -5.80. The van der Waals surface area contributed by atoms with Crippen LogP contribution in [0.2, 0.25) is 0 Å². The Bertz CT molecular complexity index is 2360. The fourth-order valence-corrected chi connectivity index (χ4v) is 6.65. The molecule has 0 aliphatic carbocycles. The molecule has 9 rings (SSSR count). The van der Waals surface area contributed by atoms with Gasteiger partial charge in [0.1, 0.15) is 11.7 Å². The molecular formula is C41H27N3. The maximum Gasteiger partial charge on any atom is 0.169 e. The van der Waals surface area contributed by atoms with Crippen LogP contribution in [0.25, 0.3) is 53.9 Å². The van der Waals surface area contributed by atoms with E-state index in [1.807, 2.05) is 0 Å². The van der Waals surface area contributed by atoms with Crippen LogP contribution in [-0.2, 0) is 0 Å². The number of amidine groups is 2. The predicted octanol–water partition coefficient (Wildman–Crippen LogP) is 9.95. The van der Waals surface area contributed by atoms with Gasteiger partial charge in [0.25, 0.3) is 0 Å². The SMILES string of the molecule is c1ccc2cc(C3=NC(c4ccc5c6ccccc6c6ccccc6c5c4)N=C(c4ccc5ccccc5c4)N3)ccc2c1. The zero-order valence-corrected chi connectivity index (χ0v) is 23.9. The van der Waals surface area contributed by atoms with Crippen LogP contribution in [0.15, 0.2) is 162 Å². The minimum atomic E-state index is -0.395. The van der Waals surface area contributed by atoms with E-state index in [1.165, 1.54) is 53.9 Å².